The van der Waals surface area contributed by atoms with Crippen LogP contribution in [-0.2, 0) is 9.47 Å². The Balaban J connectivity index is 2.00. The fourth-order valence-electron chi connectivity index (χ4n) is 1.77. The number of ether oxygens (including phenoxy) is 2. The zero-order chi connectivity index (χ0) is 15.0. The van der Waals surface area contributed by atoms with Gasteiger partial charge in [-0.25, -0.2) is 4.98 Å². The highest BCUT2D eigenvalue weighted by molar-refractivity contribution is 5.32. The summed E-state index contributed by atoms with van der Waals surface area (Å²) in [6, 6.07) is 0. The molecule has 0 aromatic carbocycles. The number of nitrogens with one attached hydrogen (secondary N) is 1. The zero-order valence-corrected chi connectivity index (χ0v) is 12.7. The van der Waals surface area contributed by atoms with Crippen molar-refractivity contribution < 1.29 is 14.6 Å². The highest BCUT2D eigenvalue weighted by atomic mass is 16.7. The van der Waals surface area contributed by atoms with Gasteiger partial charge in [0.15, 0.2) is 5.79 Å². The fourth-order valence-corrected chi connectivity index (χ4v) is 1.77. The van der Waals surface area contributed by atoms with Crippen molar-refractivity contribution in [3.63, 3.8) is 0 Å². The molecule has 0 spiro atoms. The van der Waals surface area contributed by atoms with Crippen LogP contribution in [0.4, 0.5) is 5.82 Å². The van der Waals surface area contributed by atoms with E-state index in [-0.39, 0.29) is 11.5 Å². The summed E-state index contributed by atoms with van der Waals surface area (Å²) in [5.74, 6) is -0.0412. The van der Waals surface area contributed by atoms with Crippen LogP contribution in [0.3, 0.4) is 0 Å². The molecule has 1 aromatic rings. The molecule has 1 aliphatic rings. The molecule has 0 amide bonds. The first kappa shape index (κ1) is 15.2. The molecule has 0 bridgehead atoms. The predicted octanol–water partition coefficient (Wildman–Crippen LogP) is 2.08. The Morgan fingerprint density at radius 1 is 1.35 bits per heavy atom. The predicted molar refractivity (Wildman–Crippen MR) is 75.0 cm³/mol. The SMILES string of the molecule is CC1(C)OC[C@H](c2cnc(NC(O)C(C)(C)C)cn2)O1. The standard InChI is InChI=1S/C14H23N3O3/c1-13(2,3)12(18)17-11-7-15-9(6-16-11)10-8-19-14(4,5)20-10/h6-7,10,12,18H,8H2,1-5H3,(H,16,17)/t10-,12?/m1/s1. The van der Waals surface area contributed by atoms with Crippen LogP contribution >= 0.6 is 0 Å². The first-order valence-corrected chi connectivity index (χ1v) is 6.76. The van der Waals surface area contributed by atoms with Crippen molar-refractivity contribution in [2.24, 2.45) is 5.41 Å². The molecule has 0 aliphatic carbocycles. The molecule has 6 nitrogen and oxygen atoms in total. The number of hydrogen-bond donors (Lipinski definition) is 2. The highest BCUT2D eigenvalue weighted by Gasteiger charge is 2.34. The average molecular weight is 281 g/mol. The molecule has 2 rings (SSSR count). The second-order valence-corrected chi connectivity index (χ2v) is 6.56. The van der Waals surface area contributed by atoms with E-state index >= 15 is 0 Å². The van der Waals surface area contributed by atoms with E-state index in [0.29, 0.717) is 12.4 Å². The lowest BCUT2D eigenvalue weighted by atomic mass is 9.94. The Morgan fingerprint density at radius 3 is 2.50 bits per heavy atom. The molecule has 1 unspecified atom stereocenters. The molecule has 20 heavy (non-hydrogen) atoms. The summed E-state index contributed by atoms with van der Waals surface area (Å²) in [5.41, 5.74) is 0.457. The van der Waals surface area contributed by atoms with Gasteiger partial charge in [-0.1, -0.05) is 20.8 Å². The van der Waals surface area contributed by atoms with Gasteiger partial charge in [0.1, 0.15) is 18.1 Å². The van der Waals surface area contributed by atoms with Gasteiger partial charge in [0.05, 0.1) is 24.7 Å². The van der Waals surface area contributed by atoms with Crippen LogP contribution in [0.1, 0.15) is 46.4 Å². The minimum absolute atomic E-state index is 0.195. The second kappa shape index (κ2) is 5.27. The van der Waals surface area contributed by atoms with E-state index in [4.69, 9.17) is 9.47 Å². The fraction of sp³-hybridized carbons (Fsp3) is 0.714. The molecule has 6 heteroatoms. The van der Waals surface area contributed by atoms with Crippen LogP contribution < -0.4 is 5.32 Å². The second-order valence-electron chi connectivity index (χ2n) is 6.56. The molecule has 1 aliphatic heterocycles. The molecule has 0 saturated carbocycles. The van der Waals surface area contributed by atoms with Crippen LogP contribution in [0.25, 0.3) is 0 Å². The van der Waals surface area contributed by atoms with Gasteiger partial charge in [-0.05, 0) is 13.8 Å². The minimum Gasteiger partial charge on any atom is -0.373 e. The summed E-state index contributed by atoms with van der Waals surface area (Å²) in [6.45, 7) is 10.0. The highest BCUT2D eigenvalue weighted by Crippen LogP contribution is 2.31. The summed E-state index contributed by atoms with van der Waals surface area (Å²) in [5, 5.41) is 12.9. The first-order chi connectivity index (χ1) is 9.17. The summed E-state index contributed by atoms with van der Waals surface area (Å²) in [4.78, 5) is 8.58. The maximum atomic E-state index is 9.96. The third kappa shape index (κ3) is 3.65. The monoisotopic (exact) mass is 281 g/mol. The van der Waals surface area contributed by atoms with E-state index in [9.17, 15) is 5.11 Å². The van der Waals surface area contributed by atoms with E-state index < -0.39 is 12.0 Å². The van der Waals surface area contributed by atoms with Crippen molar-refractivity contribution in [1.82, 2.24) is 9.97 Å². The Labute approximate surface area is 119 Å². The van der Waals surface area contributed by atoms with Gasteiger partial charge >= 0.3 is 0 Å². The number of aliphatic hydroxyl groups excluding tert-OH is 1. The number of aliphatic hydroxyl groups is 1. The number of rotatable bonds is 3. The van der Waals surface area contributed by atoms with Crippen molar-refractivity contribution in [2.45, 2.75) is 52.7 Å². The van der Waals surface area contributed by atoms with Gasteiger partial charge in [-0.3, -0.25) is 4.98 Å². The van der Waals surface area contributed by atoms with E-state index in [1.165, 1.54) is 0 Å². The minimum atomic E-state index is -0.687. The number of aromatic nitrogens is 2. The summed E-state index contributed by atoms with van der Waals surface area (Å²) in [7, 11) is 0. The molecular formula is C14H23N3O3. The van der Waals surface area contributed by atoms with Crippen molar-refractivity contribution in [1.29, 1.82) is 0 Å². The van der Waals surface area contributed by atoms with Gasteiger partial charge in [0.2, 0.25) is 0 Å². The largest absolute Gasteiger partial charge is 0.373 e. The van der Waals surface area contributed by atoms with Crippen molar-refractivity contribution in [3.8, 4) is 0 Å². The lowest BCUT2D eigenvalue weighted by Gasteiger charge is -2.26. The maximum Gasteiger partial charge on any atom is 0.163 e. The van der Waals surface area contributed by atoms with E-state index in [2.05, 4.69) is 15.3 Å². The number of hydrogen-bond acceptors (Lipinski definition) is 6. The van der Waals surface area contributed by atoms with Gasteiger partial charge in [-0.15, -0.1) is 0 Å². The van der Waals surface area contributed by atoms with Gasteiger partial charge in [-0.2, -0.15) is 0 Å². The Hall–Kier alpha value is -1.24. The molecular weight excluding hydrogens is 258 g/mol. The third-order valence-electron chi connectivity index (χ3n) is 3.11. The molecule has 1 aromatic heterocycles. The molecule has 1 saturated heterocycles. The first-order valence-electron chi connectivity index (χ1n) is 6.76. The van der Waals surface area contributed by atoms with Crippen molar-refractivity contribution >= 4 is 5.82 Å². The van der Waals surface area contributed by atoms with E-state index in [1.807, 2.05) is 34.6 Å². The van der Waals surface area contributed by atoms with Crippen LogP contribution in [0.5, 0.6) is 0 Å². The molecule has 2 atom stereocenters. The van der Waals surface area contributed by atoms with Gasteiger partial charge in [0, 0.05) is 5.41 Å². The Bertz CT molecular complexity index is 454. The number of nitrogens with zero attached hydrogens (tertiary/aromatic N) is 2. The van der Waals surface area contributed by atoms with E-state index in [0.717, 1.165) is 5.69 Å². The molecule has 2 N–H and O–H groups in total. The van der Waals surface area contributed by atoms with Gasteiger partial charge < -0.3 is 19.9 Å². The van der Waals surface area contributed by atoms with Crippen molar-refractivity contribution in [2.75, 3.05) is 11.9 Å². The third-order valence-corrected chi connectivity index (χ3v) is 3.11. The van der Waals surface area contributed by atoms with E-state index in [1.54, 1.807) is 12.4 Å². The van der Waals surface area contributed by atoms with Crippen LogP contribution in [0, 0.1) is 5.41 Å². The molecule has 2 heterocycles. The summed E-state index contributed by atoms with van der Waals surface area (Å²) >= 11 is 0. The molecule has 0 radical (unpaired) electrons. The topological polar surface area (TPSA) is 76.5 Å². The van der Waals surface area contributed by atoms with Crippen LogP contribution in [0.2, 0.25) is 0 Å². The maximum absolute atomic E-state index is 9.96. The average Bonchev–Trinajstić information content (AvgIpc) is 2.69. The normalized spacial score (nSPS) is 23.6. The lowest BCUT2D eigenvalue weighted by Crippen LogP contribution is -2.33. The quantitative estimate of drug-likeness (QED) is 0.826. The Morgan fingerprint density at radius 2 is 2.05 bits per heavy atom. The molecule has 1 fully saturated rings. The van der Waals surface area contributed by atoms with Gasteiger partial charge in [0.25, 0.3) is 0 Å². The smallest absolute Gasteiger partial charge is 0.163 e. The summed E-state index contributed by atoms with van der Waals surface area (Å²) < 4.78 is 11.2. The van der Waals surface area contributed by atoms with Crippen LogP contribution in [0.15, 0.2) is 12.4 Å². The summed E-state index contributed by atoms with van der Waals surface area (Å²) in [6.07, 6.45) is 2.36. The Kier molecular flexibility index (Phi) is 4.00. The lowest BCUT2D eigenvalue weighted by molar-refractivity contribution is -0.139. The zero-order valence-electron chi connectivity index (χ0n) is 12.7. The van der Waals surface area contributed by atoms with Crippen LogP contribution in [-0.4, -0.2) is 33.7 Å². The number of anilines is 1. The van der Waals surface area contributed by atoms with Crippen molar-refractivity contribution in [3.05, 3.63) is 18.1 Å². The molecule has 112 valence electrons.